The third-order valence-electron chi connectivity index (χ3n) is 3.92. The van der Waals surface area contributed by atoms with E-state index in [0.717, 1.165) is 17.5 Å². The topological polar surface area (TPSA) is 77.4 Å². The first-order chi connectivity index (χ1) is 11.8. The maximum absolute atomic E-state index is 13.0. The van der Waals surface area contributed by atoms with E-state index in [4.69, 9.17) is 4.74 Å². The smallest absolute Gasteiger partial charge is 0.325 e. The molecule has 0 aliphatic heterocycles. The van der Waals surface area contributed by atoms with Crippen molar-refractivity contribution in [2.45, 2.75) is 13.8 Å². The summed E-state index contributed by atoms with van der Waals surface area (Å²) in [5, 5.41) is 2.32. The zero-order valence-corrected chi connectivity index (χ0v) is 14.3. The standard InChI is InChI=1S/C18H19FN2O4/c1-11-7-15(12(2)21(11)3)16(22)10-25-17(23)9-20-18(24)13-5-4-6-14(19)8-13/h4-8H,9-10H2,1-3H3,(H,20,24). The van der Waals surface area contributed by atoms with Crippen molar-refractivity contribution in [3.63, 3.8) is 0 Å². The number of hydrogen-bond acceptors (Lipinski definition) is 4. The Labute approximate surface area is 144 Å². The van der Waals surface area contributed by atoms with E-state index in [1.54, 1.807) is 13.0 Å². The lowest BCUT2D eigenvalue weighted by Gasteiger charge is -2.07. The molecule has 0 atom stereocenters. The molecular weight excluding hydrogens is 327 g/mol. The number of Topliss-reactive ketones (excluding diaryl/α,β-unsaturated/α-hetero) is 1. The number of benzene rings is 1. The highest BCUT2D eigenvalue weighted by atomic mass is 19.1. The minimum Gasteiger partial charge on any atom is -0.456 e. The molecule has 0 fully saturated rings. The fraction of sp³-hybridized carbons (Fsp3) is 0.278. The number of esters is 1. The van der Waals surface area contributed by atoms with Crippen LogP contribution in [0.1, 0.15) is 32.1 Å². The highest BCUT2D eigenvalue weighted by molar-refractivity contribution is 5.99. The van der Waals surface area contributed by atoms with Crippen molar-refractivity contribution in [3.05, 3.63) is 58.7 Å². The second kappa shape index (κ2) is 7.74. The first kappa shape index (κ1) is 18.4. The number of aryl methyl sites for hydroxylation is 1. The Balaban J connectivity index is 1.83. The van der Waals surface area contributed by atoms with Crippen molar-refractivity contribution in [3.8, 4) is 0 Å². The van der Waals surface area contributed by atoms with Gasteiger partial charge in [0, 0.05) is 29.6 Å². The Morgan fingerprint density at radius 2 is 1.92 bits per heavy atom. The van der Waals surface area contributed by atoms with Gasteiger partial charge in [0.1, 0.15) is 12.4 Å². The number of nitrogens with one attached hydrogen (secondary N) is 1. The minimum atomic E-state index is -0.747. The molecule has 0 spiro atoms. The number of halogens is 1. The number of rotatable bonds is 6. The molecule has 6 nitrogen and oxygen atoms in total. The van der Waals surface area contributed by atoms with Crippen LogP contribution in [0.25, 0.3) is 0 Å². The molecule has 2 rings (SSSR count). The number of nitrogens with zero attached hydrogens (tertiary/aromatic N) is 1. The van der Waals surface area contributed by atoms with Gasteiger partial charge in [0.05, 0.1) is 0 Å². The number of amides is 1. The number of ether oxygens (including phenoxy) is 1. The SMILES string of the molecule is Cc1cc(C(=O)COC(=O)CNC(=O)c2cccc(F)c2)c(C)n1C. The summed E-state index contributed by atoms with van der Waals surface area (Å²) in [6.07, 6.45) is 0. The van der Waals surface area contributed by atoms with E-state index >= 15 is 0 Å². The van der Waals surface area contributed by atoms with Crippen LogP contribution in [0.3, 0.4) is 0 Å². The van der Waals surface area contributed by atoms with E-state index in [9.17, 15) is 18.8 Å². The Morgan fingerprint density at radius 1 is 1.20 bits per heavy atom. The maximum Gasteiger partial charge on any atom is 0.325 e. The van der Waals surface area contributed by atoms with Crippen LogP contribution in [0, 0.1) is 19.7 Å². The predicted molar refractivity (Wildman–Crippen MR) is 88.9 cm³/mol. The van der Waals surface area contributed by atoms with E-state index in [1.807, 2.05) is 18.5 Å². The van der Waals surface area contributed by atoms with Crippen molar-refractivity contribution < 1.29 is 23.5 Å². The van der Waals surface area contributed by atoms with Crippen LogP contribution in [0.4, 0.5) is 4.39 Å². The average molecular weight is 346 g/mol. The number of carbonyl (C=O) groups excluding carboxylic acids is 3. The fourth-order valence-electron chi connectivity index (χ4n) is 2.30. The molecule has 2 aromatic rings. The molecule has 1 aromatic carbocycles. The van der Waals surface area contributed by atoms with Crippen molar-refractivity contribution >= 4 is 17.7 Å². The van der Waals surface area contributed by atoms with Gasteiger partial charge in [-0.05, 0) is 38.1 Å². The molecule has 1 heterocycles. The van der Waals surface area contributed by atoms with Gasteiger partial charge in [-0.1, -0.05) is 6.07 Å². The Bertz CT molecular complexity index is 826. The van der Waals surface area contributed by atoms with Gasteiger partial charge >= 0.3 is 5.97 Å². The van der Waals surface area contributed by atoms with Gasteiger partial charge in [-0.2, -0.15) is 0 Å². The molecule has 1 aromatic heterocycles. The Kier molecular flexibility index (Phi) is 5.69. The lowest BCUT2D eigenvalue weighted by molar-refractivity contribution is -0.141. The van der Waals surface area contributed by atoms with Gasteiger partial charge in [-0.3, -0.25) is 14.4 Å². The molecule has 0 saturated heterocycles. The third-order valence-corrected chi connectivity index (χ3v) is 3.92. The summed E-state index contributed by atoms with van der Waals surface area (Å²) in [7, 11) is 1.84. The quantitative estimate of drug-likeness (QED) is 0.640. The molecule has 0 aliphatic rings. The molecule has 7 heteroatoms. The molecular formula is C18H19FN2O4. The average Bonchev–Trinajstić information content (AvgIpc) is 2.85. The summed E-state index contributed by atoms with van der Waals surface area (Å²) in [5.74, 6) is -2.21. The molecule has 0 aliphatic carbocycles. The van der Waals surface area contributed by atoms with Crippen LogP contribution in [0.15, 0.2) is 30.3 Å². The first-order valence-electron chi connectivity index (χ1n) is 7.65. The predicted octanol–water partition coefficient (Wildman–Crippen LogP) is 1.94. The van der Waals surface area contributed by atoms with E-state index < -0.39 is 30.8 Å². The third kappa shape index (κ3) is 4.53. The zero-order valence-electron chi connectivity index (χ0n) is 14.3. The number of aromatic nitrogens is 1. The number of ketones is 1. The molecule has 25 heavy (non-hydrogen) atoms. The van der Waals surface area contributed by atoms with Crippen molar-refractivity contribution in [2.75, 3.05) is 13.2 Å². The molecule has 0 bridgehead atoms. The van der Waals surface area contributed by atoms with Crippen LogP contribution in [0.5, 0.6) is 0 Å². The Morgan fingerprint density at radius 3 is 2.52 bits per heavy atom. The molecule has 1 N–H and O–H groups in total. The largest absolute Gasteiger partial charge is 0.456 e. The van der Waals surface area contributed by atoms with Crippen LogP contribution in [0.2, 0.25) is 0 Å². The summed E-state index contributed by atoms with van der Waals surface area (Å²) in [5.41, 5.74) is 2.31. The van der Waals surface area contributed by atoms with Gasteiger partial charge < -0.3 is 14.6 Å². The van der Waals surface area contributed by atoms with Gasteiger partial charge in [-0.15, -0.1) is 0 Å². The number of carbonyl (C=O) groups is 3. The van der Waals surface area contributed by atoms with Crippen LogP contribution in [-0.4, -0.2) is 35.4 Å². The van der Waals surface area contributed by atoms with E-state index in [0.29, 0.717) is 5.56 Å². The first-order valence-corrected chi connectivity index (χ1v) is 7.65. The molecule has 0 saturated carbocycles. The lowest BCUT2D eigenvalue weighted by Crippen LogP contribution is -2.31. The molecule has 0 radical (unpaired) electrons. The highest BCUT2D eigenvalue weighted by Crippen LogP contribution is 2.14. The summed E-state index contributed by atoms with van der Waals surface area (Å²) < 4.78 is 19.8. The highest BCUT2D eigenvalue weighted by Gasteiger charge is 2.16. The monoisotopic (exact) mass is 346 g/mol. The summed E-state index contributed by atoms with van der Waals surface area (Å²) in [6.45, 7) is 2.87. The summed E-state index contributed by atoms with van der Waals surface area (Å²) in [4.78, 5) is 35.6. The number of hydrogen-bond donors (Lipinski definition) is 1. The lowest BCUT2D eigenvalue weighted by atomic mass is 10.1. The van der Waals surface area contributed by atoms with Crippen molar-refractivity contribution in [2.24, 2.45) is 7.05 Å². The van der Waals surface area contributed by atoms with E-state index in [1.165, 1.54) is 18.2 Å². The second-order valence-corrected chi connectivity index (χ2v) is 5.62. The zero-order chi connectivity index (χ0) is 18.6. The van der Waals surface area contributed by atoms with Gasteiger partial charge in [0.15, 0.2) is 6.61 Å². The Hall–Kier alpha value is -2.96. The second-order valence-electron chi connectivity index (χ2n) is 5.62. The van der Waals surface area contributed by atoms with Crippen molar-refractivity contribution in [1.82, 2.24) is 9.88 Å². The van der Waals surface area contributed by atoms with Crippen molar-refractivity contribution in [1.29, 1.82) is 0 Å². The molecule has 0 unspecified atom stereocenters. The van der Waals surface area contributed by atoms with Gasteiger partial charge in [0.25, 0.3) is 5.91 Å². The maximum atomic E-state index is 13.0. The van der Waals surface area contributed by atoms with Gasteiger partial charge in [0.2, 0.25) is 5.78 Å². The van der Waals surface area contributed by atoms with Crippen LogP contribution in [-0.2, 0) is 16.6 Å². The normalized spacial score (nSPS) is 10.4. The van der Waals surface area contributed by atoms with E-state index in [-0.39, 0.29) is 11.3 Å². The van der Waals surface area contributed by atoms with E-state index in [2.05, 4.69) is 5.32 Å². The summed E-state index contributed by atoms with van der Waals surface area (Å²) in [6, 6.07) is 6.82. The molecule has 1 amide bonds. The summed E-state index contributed by atoms with van der Waals surface area (Å²) >= 11 is 0. The van der Waals surface area contributed by atoms with Gasteiger partial charge in [-0.25, -0.2) is 4.39 Å². The van der Waals surface area contributed by atoms with Crippen LogP contribution < -0.4 is 5.32 Å². The minimum absolute atomic E-state index is 0.0965. The molecule has 132 valence electrons. The fourth-order valence-corrected chi connectivity index (χ4v) is 2.30. The van der Waals surface area contributed by atoms with Crippen LogP contribution >= 0.6 is 0 Å².